The smallest absolute Gasteiger partial charge is 0.128 e. The van der Waals surface area contributed by atoms with Crippen molar-refractivity contribution in [3.8, 4) is 5.75 Å². The number of morpholine rings is 1. The van der Waals surface area contributed by atoms with Crippen molar-refractivity contribution >= 4 is 10.8 Å². The zero-order valence-corrected chi connectivity index (χ0v) is 12.9. The van der Waals surface area contributed by atoms with Gasteiger partial charge in [0.2, 0.25) is 0 Å². The molecule has 112 valence electrons. The van der Waals surface area contributed by atoms with E-state index in [4.69, 9.17) is 4.74 Å². The molecule has 3 heteroatoms. The number of fused-ring (bicyclic) bond motifs is 1. The number of rotatable bonds is 2. The topological polar surface area (TPSA) is 32.7 Å². The predicted molar refractivity (Wildman–Crippen MR) is 85.6 cm³/mol. The molecule has 0 amide bonds. The molecule has 0 bridgehead atoms. The average molecular weight is 285 g/mol. The van der Waals surface area contributed by atoms with E-state index in [9.17, 15) is 5.11 Å². The van der Waals surface area contributed by atoms with Gasteiger partial charge in [-0.2, -0.15) is 0 Å². The molecule has 1 aliphatic rings. The van der Waals surface area contributed by atoms with Crippen molar-refractivity contribution in [1.29, 1.82) is 0 Å². The molecule has 1 saturated heterocycles. The van der Waals surface area contributed by atoms with E-state index < -0.39 is 0 Å². The van der Waals surface area contributed by atoms with Gasteiger partial charge < -0.3 is 9.84 Å². The van der Waals surface area contributed by atoms with Crippen molar-refractivity contribution in [2.75, 3.05) is 13.2 Å². The first-order valence-electron chi connectivity index (χ1n) is 7.66. The summed E-state index contributed by atoms with van der Waals surface area (Å²) in [5, 5.41) is 12.6. The van der Waals surface area contributed by atoms with Crippen LogP contribution in [-0.2, 0) is 4.74 Å². The van der Waals surface area contributed by atoms with Crippen LogP contribution < -0.4 is 0 Å². The summed E-state index contributed by atoms with van der Waals surface area (Å²) in [4.78, 5) is 2.41. The molecule has 2 aromatic carbocycles. The van der Waals surface area contributed by atoms with Gasteiger partial charge in [0.25, 0.3) is 0 Å². The Morgan fingerprint density at radius 1 is 1.19 bits per heavy atom. The first-order chi connectivity index (χ1) is 10.1. The van der Waals surface area contributed by atoms with Gasteiger partial charge in [-0.1, -0.05) is 36.4 Å². The Morgan fingerprint density at radius 3 is 2.76 bits per heavy atom. The van der Waals surface area contributed by atoms with Crippen molar-refractivity contribution in [3.05, 3.63) is 42.0 Å². The first kappa shape index (κ1) is 14.4. The molecule has 3 nitrogen and oxygen atoms in total. The van der Waals surface area contributed by atoms with Crippen LogP contribution in [0.4, 0.5) is 0 Å². The second-order valence-corrected chi connectivity index (χ2v) is 6.09. The SMILES string of the molecule is CC1CN(C(C)c2ccc3ccccc3c2O)C(C)CO1. The summed E-state index contributed by atoms with van der Waals surface area (Å²) in [7, 11) is 0. The molecule has 0 aromatic heterocycles. The van der Waals surface area contributed by atoms with Crippen LogP contribution in [0.25, 0.3) is 10.8 Å². The molecule has 0 saturated carbocycles. The Kier molecular flexibility index (Phi) is 3.87. The minimum absolute atomic E-state index is 0.177. The lowest BCUT2D eigenvalue weighted by Gasteiger charge is -2.41. The minimum atomic E-state index is 0.177. The molecular weight excluding hydrogens is 262 g/mol. The third kappa shape index (κ3) is 2.63. The van der Waals surface area contributed by atoms with Gasteiger partial charge in [-0.15, -0.1) is 0 Å². The molecule has 1 heterocycles. The maximum atomic E-state index is 10.6. The van der Waals surface area contributed by atoms with E-state index in [1.54, 1.807) is 0 Å². The number of nitrogens with zero attached hydrogens (tertiary/aromatic N) is 1. The lowest BCUT2D eigenvalue weighted by Crippen LogP contribution is -2.48. The summed E-state index contributed by atoms with van der Waals surface area (Å²) in [5.41, 5.74) is 0.995. The van der Waals surface area contributed by atoms with Crippen LogP contribution in [0.2, 0.25) is 0 Å². The van der Waals surface area contributed by atoms with E-state index in [1.807, 2.05) is 24.3 Å². The highest BCUT2D eigenvalue weighted by molar-refractivity contribution is 5.89. The van der Waals surface area contributed by atoms with Crippen LogP contribution in [0.1, 0.15) is 32.4 Å². The molecular formula is C18H23NO2. The van der Waals surface area contributed by atoms with Crippen molar-refractivity contribution < 1.29 is 9.84 Å². The summed E-state index contributed by atoms with van der Waals surface area (Å²) < 4.78 is 5.70. The van der Waals surface area contributed by atoms with Gasteiger partial charge in [-0.05, 0) is 26.2 Å². The highest BCUT2D eigenvalue weighted by atomic mass is 16.5. The van der Waals surface area contributed by atoms with E-state index >= 15 is 0 Å². The molecule has 1 fully saturated rings. The highest BCUT2D eigenvalue weighted by Crippen LogP contribution is 2.36. The fourth-order valence-corrected chi connectivity index (χ4v) is 3.26. The largest absolute Gasteiger partial charge is 0.507 e. The monoisotopic (exact) mass is 285 g/mol. The van der Waals surface area contributed by atoms with Crippen LogP contribution >= 0.6 is 0 Å². The standard InChI is InChI=1S/C18H23NO2/c1-12-11-21-13(2)10-19(12)14(3)16-9-8-15-6-4-5-7-17(15)18(16)20/h4-9,12-14,20H,10-11H2,1-3H3. The Labute approximate surface area is 126 Å². The molecule has 0 radical (unpaired) electrons. The fraction of sp³-hybridized carbons (Fsp3) is 0.444. The van der Waals surface area contributed by atoms with Gasteiger partial charge in [0, 0.05) is 29.6 Å². The lowest BCUT2D eigenvalue weighted by atomic mass is 9.98. The molecule has 1 aliphatic heterocycles. The molecule has 2 aromatic rings. The second-order valence-electron chi connectivity index (χ2n) is 6.09. The third-order valence-corrected chi connectivity index (χ3v) is 4.54. The maximum absolute atomic E-state index is 10.6. The second kappa shape index (κ2) is 5.66. The van der Waals surface area contributed by atoms with Crippen molar-refractivity contribution in [2.24, 2.45) is 0 Å². The molecule has 0 aliphatic carbocycles. The molecule has 3 rings (SSSR count). The van der Waals surface area contributed by atoms with Gasteiger partial charge in [-0.3, -0.25) is 4.90 Å². The number of hydrogen-bond donors (Lipinski definition) is 1. The Balaban J connectivity index is 1.97. The molecule has 21 heavy (non-hydrogen) atoms. The number of aromatic hydroxyl groups is 1. The minimum Gasteiger partial charge on any atom is -0.507 e. The van der Waals surface area contributed by atoms with Crippen LogP contribution in [0.5, 0.6) is 5.75 Å². The zero-order chi connectivity index (χ0) is 15.0. The van der Waals surface area contributed by atoms with Crippen LogP contribution in [-0.4, -0.2) is 35.3 Å². The predicted octanol–water partition coefficient (Wildman–Crippen LogP) is 3.72. The lowest BCUT2D eigenvalue weighted by molar-refractivity contribution is -0.0642. The van der Waals surface area contributed by atoms with Crippen molar-refractivity contribution in [3.63, 3.8) is 0 Å². The van der Waals surface area contributed by atoms with Gasteiger partial charge >= 0.3 is 0 Å². The Morgan fingerprint density at radius 2 is 1.95 bits per heavy atom. The molecule has 3 unspecified atom stereocenters. The third-order valence-electron chi connectivity index (χ3n) is 4.54. The van der Waals surface area contributed by atoms with Gasteiger partial charge in [0.15, 0.2) is 0 Å². The molecule has 0 spiro atoms. The number of benzene rings is 2. The number of ether oxygens (including phenoxy) is 1. The van der Waals surface area contributed by atoms with Gasteiger partial charge in [0.1, 0.15) is 5.75 Å². The van der Waals surface area contributed by atoms with Gasteiger partial charge in [-0.25, -0.2) is 0 Å². The van der Waals surface area contributed by atoms with E-state index in [0.717, 1.165) is 29.5 Å². The quantitative estimate of drug-likeness (QED) is 0.913. The van der Waals surface area contributed by atoms with Crippen LogP contribution in [0.3, 0.4) is 0 Å². The molecule has 1 N–H and O–H groups in total. The van der Waals surface area contributed by atoms with Crippen LogP contribution in [0, 0.1) is 0 Å². The summed E-state index contributed by atoms with van der Waals surface area (Å²) in [6.07, 6.45) is 0.242. The normalized spacial score (nSPS) is 25.1. The van der Waals surface area contributed by atoms with Crippen molar-refractivity contribution in [2.45, 2.75) is 39.0 Å². The summed E-state index contributed by atoms with van der Waals surface area (Å²) in [6.45, 7) is 8.10. The van der Waals surface area contributed by atoms with Crippen LogP contribution in [0.15, 0.2) is 36.4 Å². The number of phenolic OH excluding ortho intramolecular Hbond substituents is 1. The number of hydrogen-bond acceptors (Lipinski definition) is 3. The average Bonchev–Trinajstić information content (AvgIpc) is 2.50. The maximum Gasteiger partial charge on any atom is 0.128 e. The molecule has 3 atom stereocenters. The zero-order valence-electron chi connectivity index (χ0n) is 12.9. The highest BCUT2D eigenvalue weighted by Gasteiger charge is 2.29. The Hall–Kier alpha value is -1.58. The van der Waals surface area contributed by atoms with E-state index in [1.165, 1.54) is 0 Å². The van der Waals surface area contributed by atoms with E-state index in [0.29, 0.717) is 11.8 Å². The van der Waals surface area contributed by atoms with Crippen molar-refractivity contribution in [1.82, 2.24) is 4.90 Å². The number of phenols is 1. The van der Waals surface area contributed by atoms with E-state index in [-0.39, 0.29) is 12.1 Å². The fourth-order valence-electron chi connectivity index (χ4n) is 3.26. The summed E-state index contributed by atoms with van der Waals surface area (Å²) in [6, 6.07) is 12.7. The van der Waals surface area contributed by atoms with Gasteiger partial charge in [0.05, 0.1) is 12.7 Å². The summed E-state index contributed by atoms with van der Waals surface area (Å²) >= 11 is 0. The first-order valence-corrected chi connectivity index (χ1v) is 7.66. The Bertz CT molecular complexity index is 640. The summed E-state index contributed by atoms with van der Waals surface area (Å²) in [5.74, 6) is 0.409. The van der Waals surface area contributed by atoms with E-state index in [2.05, 4.69) is 37.8 Å².